The van der Waals surface area contributed by atoms with Crippen LogP contribution < -0.4 is 5.14 Å². The second-order valence-corrected chi connectivity index (χ2v) is 11.2. The average molecular weight is 562 g/mol. The number of ketones is 1. The van der Waals surface area contributed by atoms with Crippen LogP contribution in [0, 0.1) is 0 Å². The van der Waals surface area contributed by atoms with Gasteiger partial charge in [-0.25, -0.2) is 18.2 Å². The van der Waals surface area contributed by atoms with Gasteiger partial charge in [0.2, 0.25) is 15.8 Å². The van der Waals surface area contributed by atoms with Crippen molar-refractivity contribution in [3.8, 4) is 16.9 Å². The molecule has 1 saturated heterocycles. The third-order valence-electron chi connectivity index (χ3n) is 7.12. The van der Waals surface area contributed by atoms with E-state index in [2.05, 4.69) is 17.2 Å². The molecule has 0 bridgehead atoms. The molecule has 4 aromatic rings. The lowest BCUT2D eigenvalue weighted by molar-refractivity contribution is -0.0948. The topological polar surface area (TPSA) is 123 Å². The van der Waals surface area contributed by atoms with E-state index in [0.29, 0.717) is 24.6 Å². The first kappa shape index (κ1) is 27.9. The van der Waals surface area contributed by atoms with Crippen molar-refractivity contribution >= 4 is 15.8 Å². The number of Topliss-reactive ketones (excluding diaryl/α,β-unsaturated/α-hetero) is 1. The molecule has 40 heavy (non-hydrogen) atoms. The normalized spacial score (nSPS) is 15.2. The Labute approximate surface area is 233 Å². The van der Waals surface area contributed by atoms with Crippen LogP contribution in [-0.4, -0.2) is 50.9 Å². The Morgan fingerprint density at radius 2 is 1.73 bits per heavy atom. The van der Waals surface area contributed by atoms with Gasteiger partial charge in [0.25, 0.3) is 0 Å². The molecule has 0 amide bonds. The molecule has 0 spiro atoms. The van der Waals surface area contributed by atoms with E-state index in [1.54, 1.807) is 30.0 Å². The van der Waals surface area contributed by atoms with Crippen LogP contribution in [0.25, 0.3) is 16.9 Å². The highest BCUT2D eigenvalue weighted by atomic mass is 32.2. The van der Waals surface area contributed by atoms with Gasteiger partial charge in [-0.2, -0.15) is 5.10 Å². The molecule has 10 heteroatoms. The maximum absolute atomic E-state index is 13.1. The minimum Gasteiger partial charge on any atom is -0.381 e. The predicted molar refractivity (Wildman–Crippen MR) is 150 cm³/mol. The van der Waals surface area contributed by atoms with Gasteiger partial charge in [0.15, 0.2) is 0 Å². The Morgan fingerprint density at radius 3 is 2.40 bits per heavy atom. The summed E-state index contributed by atoms with van der Waals surface area (Å²) in [5, 5.41) is 9.79. The number of nitrogens with zero attached hydrogens (tertiary/aromatic N) is 2. The number of hydrogen-bond acceptors (Lipinski definition) is 7. The number of primary sulfonamides is 1. The number of ether oxygens (including phenoxy) is 3. The number of methoxy groups -OCH3 is 1. The first-order chi connectivity index (χ1) is 19.3. The van der Waals surface area contributed by atoms with Crippen LogP contribution in [-0.2, 0) is 36.4 Å². The van der Waals surface area contributed by atoms with Crippen molar-refractivity contribution in [2.75, 3.05) is 26.9 Å². The first-order valence-corrected chi connectivity index (χ1v) is 14.5. The molecular weight excluding hydrogens is 530 g/mol. The second-order valence-electron chi connectivity index (χ2n) is 9.66. The lowest BCUT2D eigenvalue weighted by atomic mass is 9.85. The number of aromatic nitrogens is 2. The zero-order chi connectivity index (χ0) is 28.2. The molecule has 1 aliphatic heterocycles. The molecule has 0 aliphatic carbocycles. The van der Waals surface area contributed by atoms with Crippen molar-refractivity contribution in [2.45, 2.75) is 29.9 Å². The molecule has 0 radical (unpaired) electrons. The van der Waals surface area contributed by atoms with E-state index in [1.165, 1.54) is 12.1 Å². The average Bonchev–Trinajstić information content (AvgIpc) is 3.44. The number of sulfonamides is 1. The number of carbonyl (C=O) groups excluding carboxylic acids is 1. The van der Waals surface area contributed by atoms with Crippen LogP contribution in [0.5, 0.6) is 0 Å². The van der Waals surface area contributed by atoms with Crippen molar-refractivity contribution in [2.24, 2.45) is 5.14 Å². The van der Waals surface area contributed by atoms with Gasteiger partial charge >= 0.3 is 0 Å². The number of benzene rings is 3. The van der Waals surface area contributed by atoms with Gasteiger partial charge < -0.3 is 14.2 Å². The van der Waals surface area contributed by atoms with Crippen LogP contribution in [0.3, 0.4) is 0 Å². The van der Waals surface area contributed by atoms with Gasteiger partial charge in [0.1, 0.15) is 12.3 Å². The van der Waals surface area contributed by atoms with Crippen LogP contribution in [0.4, 0.5) is 0 Å². The number of rotatable bonds is 10. The van der Waals surface area contributed by atoms with Gasteiger partial charge in [0.05, 0.1) is 28.5 Å². The van der Waals surface area contributed by atoms with E-state index < -0.39 is 10.0 Å². The molecule has 208 valence electrons. The van der Waals surface area contributed by atoms with E-state index >= 15 is 0 Å². The molecule has 2 heterocycles. The third kappa shape index (κ3) is 6.06. The summed E-state index contributed by atoms with van der Waals surface area (Å²) < 4.78 is 42.2. The Hall–Kier alpha value is -3.67. The molecule has 1 fully saturated rings. The highest BCUT2D eigenvalue weighted by Crippen LogP contribution is 2.36. The predicted octanol–water partition coefficient (Wildman–Crippen LogP) is 4.24. The summed E-state index contributed by atoms with van der Waals surface area (Å²) in [7, 11) is -2.11. The fourth-order valence-electron chi connectivity index (χ4n) is 4.90. The lowest BCUT2D eigenvalue weighted by Crippen LogP contribution is -2.35. The number of nitrogens with two attached hydrogens (primary N) is 1. The maximum Gasteiger partial charge on any atom is 0.238 e. The summed E-state index contributed by atoms with van der Waals surface area (Å²) >= 11 is 0. The molecular formula is C30H31N3O6S. The molecule has 1 aromatic heterocycles. The smallest absolute Gasteiger partial charge is 0.238 e. The van der Waals surface area contributed by atoms with E-state index in [0.717, 1.165) is 29.5 Å². The molecule has 1 aliphatic rings. The van der Waals surface area contributed by atoms with Crippen molar-refractivity contribution in [1.82, 2.24) is 9.78 Å². The summed E-state index contributed by atoms with van der Waals surface area (Å²) in [6.07, 6.45) is 1.56. The van der Waals surface area contributed by atoms with Gasteiger partial charge in [-0.3, -0.25) is 4.79 Å². The zero-order valence-electron chi connectivity index (χ0n) is 22.2. The van der Waals surface area contributed by atoms with Crippen molar-refractivity contribution in [3.63, 3.8) is 0 Å². The number of carbonyl (C=O) groups is 1. The Kier molecular flexibility index (Phi) is 8.24. The summed E-state index contributed by atoms with van der Waals surface area (Å²) in [6.45, 7) is 1.41. The van der Waals surface area contributed by atoms with Crippen LogP contribution in [0.1, 0.15) is 34.5 Å². The summed E-state index contributed by atoms with van der Waals surface area (Å²) in [6, 6.07) is 25.3. The first-order valence-electron chi connectivity index (χ1n) is 12.9. The summed E-state index contributed by atoms with van der Waals surface area (Å²) in [5.74, 6) is -0.272. The van der Waals surface area contributed by atoms with Crippen LogP contribution in [0.15, 0.2) is 89.8 Å². The standard InChI is InChI=1S/C30H31N3O6S/c1-37-30(14-16-38-17-15-30)24-9-5-6-22(18-24)20-39-21-29(34)27-19-28(23-7-3-2-4-8-23)33(32-27)25-10-12-26(13-11-25)40(31,35)36/h2-13,18-19H,14-17,20-21H2,1H3,(H2,31,35,36). The largest absolute Gasteiger partial charge is 0.381 e. The lowest BCUT2D eigenvalue weighted by Gasteiger charge is -2.36. The fourth-order valence-corrected chi connectivity index (χ4v) is 5.41. The molecule has 3 aromatic carbocycles. The summed E-state index contributed by atoms with van der Waals surface area (Å²) in [4.78, 5) is 13.1. The van der Waals surface area contributed by atoms with Crippen molar-refractivity contribution in [3.05, 3.63) is 102 Å². The van der Waals surface area contributed by atoms with Gasteiger partial charge in [-0.05, 0) is 41.5 Å². The van der Waals surface area contributed by atoms with E-state index in [1.807, 2.05) is 42.5 Å². The minimum absolute atomic E-state index is 0.00771. The monoisotopic (exact) mass is 561 g/mol. The molecule has 9 nitrogen and oxygen atoms in total. The maximum atomic E-state index is 13.1. The highest BCUT2D eigenvalue weighted by Gasteiger charge is 2.34. The molecule has 0 atom stereocenters. The van der Waals surface area contributed by atoms with Crippen LogP contribution >= 0.6 is 0 Å². The SMILES string of the molecule is COC1(c2cccc(COCC(=O)c3cc(-c4ccccc4)n(-c4ccc(S(N)(=O)=O)cc4)n3)c2)CCOCC1. The van der Waals surface area contributed by atoms with Gasteiger partial charge in [-0.1, -0.05) is 54.6 Å². The molecule has 5 rings (SSSR count). The van der Waals surface area contributed by atoms with Gasteiger partial charge in [0, 0.05) is 38.7 Å². The number of hydrogen-bond donors (Lipinski definition) is 1. The Balaban J connectivity index is 1.33. The quantitative estimate of drug-likeness (QED) is 0.287. The fraction of sp³-hybridized carbons (Fsp3) is 0.267. The Bertz CT molecular complexity index is 1580. The van der Waals surface area contributed by atoms with Crippen molar-refractivity contribution < 1.29 is 27.4 Å². The van der Waals surface area contributed by atoms with Crippen LogP contribution in [0.2, 0.25) is 0 Å². The molecule has 2 N–H and O–H groups in total. The van der Waals surface area contributed by atoms with E-state index in [-0.39, 0.29) is 35.2 Å². The molecule has 0 unspecified atom stereocenters. The van der Waals surface area contributed by atoms with Gasteiger partial charge in [-0.15, -0.1) is 0 Å². The zero-order valence-corrected chi connectivity index (χ0v) is 23.0. The second kappa shape index (κ2) is 11.8. The molecule has 0 saturated carbocycles. The third-order valence-corrected chi connectivity index (χ3v) is 8.05. The highest BCUT2D eigenvalue weighted by molar-refractivity contribution is 7.89. The minimum atomic E-state index is -3.83. The van der Waals surface area contributed by atoms with E-state index in [4.69, 9.17) is 19.3 Å². The summed E-state index contributed by atoms with van der Waals surface area (Å²) in [5.41, 5.74) is 4.00. The Morgan fingerprint density at radius 1 is 1.00 bits per heavy atom. The van der Waals surface area contributed by atoms with E-state index in [9.17, 15) is 13.2 Å². The van der Waals surface area contributed by atoms with Crippen molar-refractivity contribution in [1.29, 1.82) is 0 Å².